The van der Waals surface area contributed by atoms with Gasteiger partial charge in [0.2, 0.25) is 0 Å². The van der Waals surface area contributed by atoms with Gasteiger partial charge < -0.3 is 33.8 Å². The van der Waals surface area contributed by atoms with Crippen LogP contribution in [-0.4, -0.2) is 96.7 Å². The number of carbonyl (C=O) groups excluding carboxylic acids is 4. The lowest BCUT2D eigenvalue weighted by Crippen LogP contribution is -2.30. The van der Waals surface area contributed by atoms with Gasteiger partial charge in [-0.05, 0) is 63.2 Å². The lowest BCUT2D eigenvalue weighted by Gasteiger charge is -2.21. The summed E-state index contributed by atoms with van der Waals surface area (Å²) in [5.41, 5.74) is 0. The molecule has 19 heteroatoms. The Balaban J connectivity index is 5.30. The third kappa shape index (κ3) is 71.9. The summed E-state index contributed by atoms with van der Waals surface area (Å²) in [6.07, 6.45) is 61.7. The lowest BCUT2D eigenvalue weighted by atomic mass is 10.0. The second-order valence-corrected chi connectivity index (χ2v) is 31.6. The lowest BCUT2D eigenvalue weighted by molar-refractivity contribution is -0.161. The summed E-state index contributed by atoms with van der Waals surface area (Å²) in [7, 11) is -9.93. The third-order valence-electron chi connectivity index (χ3n) is 17.8. The van der Waals surface area contributed by atoms with E-state index in [0.717, 1.165) is 121 Å². The van der Waals surface area contributed by atoms with E-state index in [1.54, 1.807) is 0 Å². The first kappa shape index (κ1) is 95.5. The van der Waals surface area contributed by atoms with E-state index in [9.17, 15) is 43.2 Å². The van der Waals surface area contributed by atoms with Gasteiger partial charge in [-0.25, -0.2) is 9.13 Å². The first-order valence-electron chi connectivity index (χ1n) is 40.3. The van der Waals surface area contributed by atoms with E-state index in [4.69, 9.17) is 37.0 Å². The van der Waals surface area contributed by atoms with Crippen LogP contribution in [0.25, 0.3) is 0 Å². The van der Waals surface area contributed by atoms with Crippen molar-refractivity contribution >= 4 is 39.5 Å². The number of hydrogen-bond donors (Lipinski definition) is 3. The fraction of sp³-hybridized carbons (Fsp3) is 0.899. The van der Waals surface area contributed by atoms with E-state index >= 15 is 0 Å². The number of hydrogen-bond acceptors (Lipinski definition) is 15. The minimum absolute atomic E-state index is 0.101. The molecular weight excluding hydrogens is 1280 g/mol. The van der Waals surface area contributed by atoms with Crippen LogP contribution in [0, 0.1) is 11.8 Å². The molecule has 0 amide bonds. The minimum Gasteiger partial charge on any atom is -0.462 e. The number of carbonyl (C=O) groups is 4. The van der Waals surface area contributed by atoms with Crippen molar-refractivity contribution in [2.24, 2.45) is 11.8 Å². The van der Waals surface area contributed by atoms with Crippen LogP contribution in [0.2, 0.25) is 0 Å². The van der Waals surface area contributed by atoms with E-state index < -0.39 is 97.5 Å². The molecule has 17 nitrogen and oxygen atoms in total. The summed E-state index contributed by atoms with van der Waals surface area (Å²) in [6, 6.07) is 0. The smallest absolute Gasteiger partial charge is 0.462 e. The average Bonchev–Trinajstić information content (AvgIpc) is 1.32. The summed E-state index contributed by atoms with van der Waals surface area (Å²) in [4.78, 5) is 72.9. The van der Waals surface area contributed by atoms with Crippen LogP contribution in [0.4, 0.5) is 0 Å². The topological polar surface area (TPSA) is 237 Å². The highest BCUT2D eigenvalue weighted by molar-refractivity contribution is 7.47. The van der Waals surface area contributed by atoms with Crippen LogP contribution in [0.5, 0.6) is 0 Å². The van der Waals surface area contributed by atoms with Gasteiger partial charge in [0.05, 0.1) is 26.4 Å². The molecule has 0 heterocycles. The Morgan fingerprint density at radius 2 is 0.551 bits per heavy atom. The Bertz CT molecular complexity index is 1980. The molecule has 0 aliphatic carbocycles. The van der Waals surface area contributed by atoms with Crippen LogP contribution < -0.4 is 0 Å². The van der Waals surface area contributed by atoms with Crippen molar-refractivity contribution in [2.75, 3.05) is 39.6 Å². The fourth-order valence-corrected chi connectivity index (χ4v) is 13.2. The average molecular weight is 1430 g/mol. The Labute approximate surface area is 599 Å². The molecular formula is C79H150O17P2. The zero-order valence-corrected chi connectivity index (χ0v) is 65.4. The minimum atomic E-state index is -4.97. The number of ether oxygens (including phenoxy) is 4. The van der Waals surface area contributed by atoms with E-state index in [1.165, 1.54) is 186 Å². The number of rotatable bonds is 76. The molecule has 3 N–H and O–H groups in total. The molecule has 0 aliphatic rings. The van der Waals surface area contributed by atoms with Crippen LogP contribution in [0.3, 0.4) is 0 Å². The normalized spacial score (nSPS) is 14.1. The largest absolute Gasteiger partial charge is 0.472 e. The van der Waals surface area contributed by atoms with Gasteiger partial charge in [0.15, 0.2) is 12.2 Å². The molecule has 578 valence electrons. The molecule has 0 fully saturated rings. The Morgan fingerprint density at radius 3 is 0.837 bits per heavy atom. The molecule has 0 rings (SSSR count). The Kier molecular flexibility index (Phi) is 68.5. The summed E-state index contributed by atoms with van der Waals surface area (Å²) >= 11 is 0. The summed E-state index contributed by atoms with van der Waals surface area (Å²) in [6.45, 7) is 9.56. The van der Waals surface area contributed by atoms with Crippen molar-refractivity contribution in [3.8, 4) is 0 Å². The van der Waals surface area contributed by atoms with E-state index in [1.807, 2.05) is 0 Å². The van der Waals surface area contributed by atoms with E-state index in [2.05, 4.69) is 65.8 Å². The molecule has 5 atom stereocenters. The molecule has 0 radical (unpaired) electrons. The van der Waals surface area contributed by atoms with Gasteiger partial charge >= 0.3 is 39.5 Å². The number of allylic oxidation sites excluding steroid dienone is 4. The highest BCUT2D eigenvalue weighted by Crippen LogP contribution is 2.45. The van der Waals surface area contributed by atoms with Crippen LogP contribution >= 0.6 is 15.6 Å². The zero-order chi connectivity index (χ0) is 72.1. The fourth-order valence-electron chi connectivity index (χ4n) is 11.6. The van der Waals surface area contributed by atoms with E-state index in [-0.39, 0.29) is 25.7 Å². The van der Waals surface area contributed by atoms with Gasteiger partial charge in [-0.1, -0.05) is 336 Å². The molecule has 0 aromatic carbocycles. The molecule has 0 saturated carbocycles. The number of esters is 4. The van der Waals surface area contributed by atoms with Crippen molar-refractivity contribution in [2.45, 2.75) is 407 Å². The number of aliphatic hydroxyl groups is 1. The molecule has 0 bridgehead atoms. The predicted octanol–water partition coefficient (Wildman–Crippen LogP) is 23.1. The van der Waals surface area contributed by atoms with Crippen molar-refractivity contribution in [3.63, 3.8) is 0 Å². The maximum Gasteiger partial charge on any atom is 0.472 e. The quantitative estimate of drug-likeness (QED) is 0.0169. The number of phosphoric acid groups is 2. The SMILES string of the molecule is CCCCCC/C=C\C=C/CCCCCCCC(=O)OC[C@H](COP(=O)(O)OC[C@@H](O)COP(=O)(O)OC[C@@H](COC(=O)CCCCCCCCCCCC(C)C)OC(=O)CCCCCCCCCCCCCCCC)OC(=O)CCCCCCCCCCCCCCCCC(C)C. The van der Waals surface area contributed by atoms with Crippen LogP contribution in [0.1, 0.15) is 388 Å². The van der Waals surface area contributed by atoms with Crippen molar-refractivity contribution in [3.05, 3.63) is 24.3 Å². The van der Waals surface area contributed by atoms with Crippen molar-refractivity contribution in [1.29, 1.82) is 0 Å². The number of unbranched alkanes of at least 4 members (excludes halogenated alkanes) is 43. The zero-order valence-electron chi connectivity index (χ0n) is 63.6. The third-order valence-corrected chi connectivity index (χ3v) is 19.7. The van der Waals surface area contributed by atoms with Crippen molar-refractivity contribution in [1.82, 2.24) is 0 Å². The maximum absolute atomic E-state index is 13.1. The highest BCUT2D eigenvalue weighted by atomic mass is 31.2. The highest BCUT2D eigenvalue weighted by Gasteiger charge is 2.30. The number of phosphoric ester groups is 2. The molecule has 0 aromatic heterocycles. The number of aliphatic hydroxyl groups excluding tert-OH is 1. The molecule has 0 aromatic rings. The van der Waals surface area contributed by atoms with Gasteiger partial charge in [-0.3, -0.25) is 37.3 Å². The Morgan fingerprint density at radius 1 is 0.316 bits per heavy atom. The molecule has 2 unspecified atom stereocenters. The van der Waals surface area contributed by atoms with Gasteiger partial charge in [0.1, 0.15) is 19.3 Å². The second kappa shape index (κ2) is 70.2. The molecule has 0 saturated heterocycles. The van der Waals surface area contributed by atoms with Crippen LogP contribution in [0.15, 0.2) is 24.3 Å². The van der Waals surface area contributed by atoms with E-state index in [0.29, 0.717) is 25.7 Å². The second-order valence-electron chi connectivity index (χ2n) is 28.7. The monoisotopic (exact) mass is 1430 g/mol. The standard InChI is InChI=1S/C79H150O17P2/c1-7-9-11-13-15-17-19-21-23-28-31-37-43-49-55-61-76(81)89-67-74(95-79(84)64-58-52-46-39-33-29-25-24-26-30-35-41-47-53-59-71(3)4)69-93-97(85,86)91-65-73(80)66-92-98(87,88)94-70-75(68-90-77(82)62-56-50-44-40-34-36-42-48-54-60-72(5)6)96-78(83)63-57-51-45-38-32-27-22-20-18-16-14-12-10-8-2/h17,19,21,23,71-75,80H,7-16,18,20,22,24-70H2,1-6H3,(H,85,86)(H,87,88)/b19-17-,23-21-/t73-,74-,75-/m1/s1. The first-order valence-corrected chi connectivity index (χ1v) is 43.3. The Hall–Kier alpha value is -2.46. The molecule has 0 aliphatic heterocycles. The van der Waals surface area contributed by atoms with Gasteiger partial charge in [0.25, 0.3) is 0 Å². The molecule has 0 spiro atoms. The summed E-state index contributed by atoms with van der Waals surface area (Å²) < 4.78 is 68.6. The van der Waals surface area contributed by atoms with Crippen LogP contribution in [-0.2, 0) is 65.4 Å². The summed E-state index contributed by atoms with van der Waals surface area (Å²) in [5, 5.41) is 10.6. The maximum atomic E-state index is 13.1. The molecule has 98 heavy (non-hydrogen) atoms. The van der Waals surface area contributed by atoms with Gasteiger partial charge in [0, 0.05) is 25.7 Å². The van der Waals surface area contributed by atoms with Gasteiger partial charge in [-0.2, -0.15) is 0 Å². The summed E-state index contributed by atoms with van der Waals surface area (Å²) in [5.74, 6) is -0.605. The predicted molar refractivity (Wildman–Crippen MR) is 400 cm³/mol. The van der Waals surface area contributed by atoms with Crippen molar-refractivity contribution < 1.29 is 80.2 Å². The first-order chi connectivity index (χ1) is 47.4. The van der Waals surface area contributed by atoms with Gasteiger partial charge in [-0.15, -0.1) is 0 Å².